The van der Waals surface area contributed by atoms with E-state index in [4.69, 9.17) is 4.74 Å². The highest BCUT2D eigenvalue weighted by molar-refractivity contribution is 5.45. The predicted molar refractivity (Wildman–Crippen MR) is 95.7 cm³/mol. The lowest BCUT2D eigenvalue weighted by Crippen LogP contribution is -2.03. The highest BCUT2D eigenvalue weighted by Crippen LogP contribution is 2.21. The van der Waals surface area contributed by atoms with Gasteiger partial charge in [-0.05, 0) is 42.8 Å². The van der Waals surface area contributed by atoms with Gasteiger partial charge in [-0.1, -0.05) is 48.0 Å². The van der Waals surface area contributed by atoms with Crippen LogP contribution < -0.4 is 10.1 Å². The fraction of sp³-hybridized carbons (Fsp3) is 0.143. The molecule has 0 spiro atoms. The van der Waals surface area contributed by atoms with E-state index in [0.29, 0.717) is 13.2 Å². The summed E-state index contributed by atoms with van der Waals surface area (Å²) >= 11 is 0. The molecular formula is C21H20FNO. The molecular weight excluding hydrogens is 301 g/mol. The van der Waals surface area contributed by atoms with E-state index >= 15 is 0 Å². The van der Waals surface area contributed by atoms with Crippen molar-refractivity contribution >= 4 is 5.69 Å². The van der Waals surface area contributed by atoms with E-state index in [0.717, 1.165) is 22.6 Å². The Bertz CT molecular complexity index is 713. The first kappa shape index (κ1) is 16.1. The van der Waals surface area contributed by atoms with Crippen molar-refractivity contribution in [2.24, 2.45) is 0 Å². The van der Waals surface area contributed by atoms with Gasteiger partial charge in [0.05, 0.1) is 0 Å². The molecule has 0 radical (unpaired) electrons. The first-order valence-corrected chi connectivity index (χ1v) is 7.96. The summed E-state index contributed by atoms with van der Waals surface area (Å²) in [6.45, 7) is 3.23. The highest BCUT2D eigenvalue weighted by Gasteiger charge is 2.04. The maximum absolute atomic E-state index is 13.0. The summed E-state index contributed by atoms with van der Waals surface area (Å²) in [6, 6.07) is 22.6. The topological polar surface area (TPSA) is 21.3 Å². The predicted octanol–water partition coefficient (Wildman–Crippen LogP) is 5.33. The molecule has 0 saturated heterocycles. The van der Waals surface area contributed by atoms with Gasteiger partial charge < -0.3 is 10.1 Å². The summed E-state index contributed by atoms with van der Waals surface area (Å²) in [6.07, 6.45) is 0. The maximum Gasteiger partial charge on any atom is 0.124 e. The van der Waals surface area contributed by atoms with Gasteiger partial charge in [0.15, 0.2) is 0 Å². The maximum atomic E-state index is 13.0. The van der Waals surface area contributed by atoms with Crippen LogP contribution in [0.15, 0.2) is 72.8 Å². The zero-order valence-electron chi connectivity index (χ0n) is 13.6. The van der Waals surface area contributed by atoms with Crippen LogP contribution in [-0.4, -0.2) is 0 Å². The Labute approximate surface area is 141 Å². The van der Waals surface area contributed by atoms with Gasteiger partial charge in [-0.15, -0.1) is 0 Å². The molecule has 3 aromatic carbocycles. The van der Waals surface area contributed by atoms with Crippen LogP contribution in [0.1, 0.15) is 16.7 Å². The number of rotatable bonds is 6. The van der Waals surface area contributed by atoms with Crippen LogP contribution in [0, 0.1) is 12.7 Å². The van der Waals surface area contributed by atoms with Crippen LogP contribution in [0.5, 0.6) is 5.75 Å². The van der Waals surface area contributed by atoms with E-state index in [1.807, 2.05) is 24.3 Å². The molecule has 0 aliphatic carbocycles. The number of para-hydroxylation sites is 1. The number of halogens is 1. The molecule has 3 heteroatoms. The van der Waals surface area contributed by atoms with Gasteiger partial charge in [-0.25, -0.2) is 4.39 Å². The Morgan fingerprint density at radius 1 is 0.875 bits per heavy atom. The smallest absolute Gasteiger partial charge is 0.124 e. The van der Waals surface area contributed by atoms with E-state index in [9.17, 15) is 4.39 Å². The van der Waals surface area contributed by atoms with Crippen LogP contribution in [0.2, 0.25) is 0 Å². The van der Waals surface area contributed by atoms with Crippen molar-refractivity contribution in [2.45, 2.75) is 20.1 Å². The summed E-state index contributed by atoms with van der Waals surface area (Å²) in [5.41, 5.74) is 4.32. The van der Waals surface area contributed by atoms with Crippen LogP contribution in [0.3, 0.4) is 0 Å². The second kappa shape index (κ2) is 7.64. The molecule has 122 valence electrons. The SMILES string of the molecule is Cc1ccc(COc2ccccc2CNc2ccc(F)cc2)cc1. The molecule has 3 aromatic rings. The molecule has 2 nitrogen and oxygen atoms in total. The molecule has 0 atom stereocenters. The van der Waals surface area contributed by atoms with Gasteiger partial charge >= 0.3 is 0 Å². The fourth-order valence-corrected chi connectivity index (χ4v) is 2.40. The fourth-order valence-electron chi connectivity index (χ4n) is 2.40. The molecule has 0 fully saturated rings. The van der Waals surface area contributed by atoms with E-state index in [-0.39, 0.29) is 5.82 Å². The molecule has 0 unspecified atom stereocenters. The van der Waals surface area contributed by atoms with Gasteiger partial charge in [0.25, 0.3) is 0 Å². The number of nitrogens with one attached hydrogen (secondary N) is 1. The third-order valence-electron chi connectivity index (χ3n) is 3.81. The van der Waals surface area contributed by atoms with E-state index in [2.05, 4.69) is 36.5 Å². The Balaban J connectivity index is 1.64. The van der Waals surface area contributed by atoms with Crippen LogP contribution in [0.25, 0.3) is 0 Å². The zero-order valence-corrected chi connectivity index (χ0v) is 13.6. The molecule has 0 heterocycles. The average Bonchev–Trinajstić information content (AvgIpc) is 2.61. The van der Waals surface area contributed by atoms with Crippen molar-refractivity contribution in [1.29, 1.82) is 0 Å². The monoisotopic (exact) mass is 321 g/mol. The highest BCUT2D eigenvalue weighted by atomic mass is 19.1. The third-order valence-corrected chi connectivity index (χ3v) is 3.81. The number of hydrogen-bond donors (Lipinski definition) is 1. The van der Waals surface area contributed by atoms with E-state index in [1.165, 1.54) is 17.7 Å². The molecule has 0 aromatic heterocycles. The first-order valence-electron chi connectivity index (χ1n) is 7.96. The molecule has 0 aliphatic heterocycles. The Morgan fingerprint density at radius 2 is 1.58 bits per heavy atom. The number of ether oxygens (including phenoxy) is 1. The minimum absolute atomic E-state index is 0.234. The van der Waals surface area contributed by atoms with E-state index < -0.39 is 0 Å². The van der Waals surface area contributed by atoms with Gasteiger partial charge in [0.2, 0.25) is 0 Å². The summed E-state index contributed by atoms with van der Waals surface area (Å²) in [7, 11) is 0. The number of anilines is 1. The van der Waals surface area contributed by atoms with Crippen molar-refractivity contribution in [2.75, 3.05) is 5.32 Å². The average molecular weight is 321 g/mol. The Morgan fingerprint density at radius 3 is 2.33 bits per heavy atom. The molecule has 24 heavy (non-hydrogen) atoms. The lowest BCUT2D eigenvalue weighted by atomic mass is 10.1. The van der Waals surface area contributed by atoms with Crippen molar-refractivity contribution in [3.8, 4) is 5.75 Å². The van der Waals surface area contributed by atoms with Crippen LogP contribution in [-0.2, 0) is 13.2 Å². The summed E-state index contributed by atoms with van der Waals surface area (Å²) < 4.78 is 18.9. The summed E-state index contributed by atoms with van der Waals surface area (Å²) in [4.78, 5) is 0. The lowest BCUT2D eigenvalue weighted by molar-refractivity contribution is 0.303. The minimum Gasteiger partial charge on any atom is -0.489 e. The molecule has 3 rings (SSSR count). The van der Waals surface area contributed by atoms with Gasteiger partial charge in [0.1, 0.15) is 18.2 Å². The van der Waals surface area contributed by atoms with Crippen molar-refractivity contribution in [3.05, 3.63) is 95.3 Å². The minimum atomic E-state index is -0.234. The zero-order chi connectivity index (χ0) is 16.8. The second-order valence-electron chi connectivity index (χ2n) is 5.74. The standard InChI is InChI=1S/C21H20FNO/c1-16-6-8-17(9-7-16)15-24-21-5-3-2-4-18(21)14-23-20-12-10-19(22)11-13-20/h2-13,23H,14-15H2,1H3. The van der Waals surface area contributed by atoms with Gasteiger partial charge in [0, 0.05) is 17.8 Å². The molecule has 0 aliphatic rings. The van der Waals surface area contributed by atoms with Gasteiger partial charge in [-0.2, -0.15) is 0 Å². The molecule has 0 amide bonds. The molecule has 0 bridgehead atoms. The number of hydrogen-bond acceptors (Lipinski definition) is 2. The normalized spacial score (nSPS) is 10.4. The third kappa shape index (κ3) is 4.35. The lowest BCUT2D eigenvalue weighted by Gasteiger charge is -2.13. The van der Waals surface area contributed by atoms with Crippen molar-refractivity contribution < 1.29 is 9.13 Å². The molecule has 1 N–H and O–H groups in total. The van der Waals surface area contributed by atoms with Crippen LogP contribution >= 0.6 is 0 Å². The Kier molecular flexibility index (Phi) is 5.12. The summed E-state index contributed by atoms with van der Waals surface area (Å²) in [5, 5.41) is 3.29. The van der Waals surface area contributed by atoms with Gasteiger partial charge in [-0.3, -0.25) is 0 Å². The van der Waals surface area contributed by atoms with Crippen molar-refractivity contribution in [1.82, 2.24) is 0 Å². The summed E-state index contributed by atoms with van der Waals surface area (Å²) in [5.74, 6) is 0.620. The molecule has 0 saturated carbocycles. The quantitative estimate of drug-likeness (QED) is 0.663. The van der Waals surface area contributed by atoms with Crippen LogP contribution in [0.4, 0.5) is 10.1 Å². The van der Waals surface area contributed by atoms with E-state index in [1.54, 1.807) is 12.1 Å². The number of benzene rings is 3. The Hall–Kier alpha value is -2.81. The number of aryl methyl sites for hydroxylation is 1. The first-order chi connectivity index (χ1) is 11.7. The largest absolute Gasteiger partial charge is 0.489 e. The van der Waals surface area contributed by atoms with Crippen molar-refractivity contribution in [3.63, 3.8) is 0 Å². The second-order valence-corrected chi connectivity index (χ2v) is 5.74.